The highest BCUT2D eigenvalue weighted by molar-refractivity contribution is 6.05. The summed E-state index contributed by atoms with van der Waals surface area (Å²) in [5.41, 5.74) is 3.64. The molecule has 0 spiro atoms. The number of benzene rings is 3. The maximum atomic E-state index is 12.9. The van der Waals surface area contributed by atoms with E-state index in [0.29, 0.717) is 35.5 Å². The first kappa shape index (κ1) is 18.7. The Kier molecular flexibility index (Phi) is 5.29. The molecule has 29 heavy (non-hydrogen) atoms. The molecule has 0 aliphatic carbocycles. The van der Waals surface area contributed by atoms with Crippen LogP contribution in [0.15, 0.2) is 72.8 Å². The summed E-state index contributed by atoms with van der Waals surface area (Å²) in [5, 5.41) is 6.16. The largest absolute Gasteiger partial charge is 0.480 e. The van der Waals surface area contributed by atoms with Crippen molar-refractivity contribution >= 4 is 23.1 Å². The summed E-state index contributed by atoms with van der Waals surface area (Å²) in [6, 6.07) is 22.0. The minimum atomic E-state index is -0.543. The Bertz CT molecular complexity index is 1040. The second kappa shape index (κ2) is 8.19. The quantitative estimate of drug-likeness (QED) is 0.638. The molecule has 1 unspecified atom stereocenters. The molecule has 0 saturated carbocycles. The fourth-order valence-corrected chi connectivity index (χ4v) is 3.38. The first-order chi connectivity index (χ1) is 14.1. The molecule has 3 aromatic rings. The van der Waals surface area contributed by atoms with Gasteiger partial charge in [0.05, 0.1) is 5.69 Å². The molecule has 1 aliphatic heterocycles. The molecule has 3 aromatic carbocycles. The van der Waals surface area contributed by atoms with Gasteiger partial charge in [-0.25, -0.2) is 0 Å². The highest BCUT2D eigenvalue weighted by Crippen LogP contribution is 2.29. The summed E-state index contributed by atoms with van der Waals surface area (Å²) in [7, 11) is 0. The Hall–Kier alpha value is -3.60. The van der Waals surface area contributed by atoms with Gasteiger partial charge in [0.2, 0.25) is 5.78 Å². The van der Waals surface area contributed by atoms with Crippen molar-refractivity contribution in [3.05, 3.63) is 89.5 Å². The van der Waals surface area contributed by atoms with Crippen LogP contribution in [0.5, 0.6) is 5.75 Å². The van der Waals surface area contributed by atoms with Gasteiger partial charge in [-0.2, -0.15) is 0 Å². The van der Waals surface area contributed by atoms with E-state index in [-0.39, 0.29) is 11.7 Å². The van der Waals surface area contributed by atoms with E-state index < -0.39 is 6.10 Å². The van der Waals surface area contributed by atoms with E-state index in [4.69, 9.17) is 4.74 Å². The number of Topliss-reactive ketones (excluding diaryl/α,β-unsaturated/α-hetero) is 1. The molecular weight excluding hydrogens is 364 g/mol. The third-order valence-electron chi connectivity index (χ3n) is 4.99. The highest BCUT2D eigenvalue weighted by atomic mass is 16.5. The average molecular weight is 386 g/mol. The zero-order valence-corrected chi connectivity index (χ0v) is 16.1. The van der Waals surface area contributed by atoms with Crippen LogP contribution in [0.2, 0.25) is 0 Å². The molecule has 2 N–H and O–H groups in total. The van der Waals surface area contributed by atoms with Crippen molar-refractivity contribution in [1.29, 1.82) is 0 Å². The van der Waals surface area contributed by atoms with Crippen LogP contribution in [0, 0.1) is 6.92 Å². The lowest BCUT2D eigenvalue weighted by molar-refractivity contribution is 0.0790. The lowest BCUT2D eigenvalue weighted by Crippen LogP contribution is -2.28. The van der Waals surface area contributed by atoms with Crippen molar-refractivity contribution in [2.24, 2.45) is 0 Å². The maximum Gasteiger partial charge on any atom is 0.255 e. The molecule has 1 atom stereocenters. The van der Waals surface area contributed by atoms with Crippen molar-refractivity contribution in [3.63, 3.8) is 0 Å². The third kappa shape index (κ3) is 4.14. The number of hydrogen-bond acceptors (Lipinski definition) is 4. The van der Waals surface area contributed by atoms with Crippen LogP contribution in [0.25, 0.3) is 0 Å². The lowest BCUT2D eigenvalue weighted by Gasteiger charge is -2.16. The van der Waals surface area contributed by atoms with Gasteiger partial charge >= 0.3 is 0 Å². The van der Waals surface area contributed by atoms with Gasteiger partial charge in [0.25, 0.3) is 5.91 Å². The van der Waals surface area contributed by atoms with E-state index in [0.717, 1.165) is 11.3 Å². The molecule has 4 rings (SSSR count). The van der Waals surface area contributed by atoms with Crippen LogP contribution in [0.3, 0.4) is 0 Å². The number of nitrogens with one attached hydrogen (secondary N) is 2. The van der Waals surface area contributed by atoms with E-state index in [1.807, 2.05) is 49.4 Å². The standard InChI is InChI=1S/C24H22N2O3/c1-16-6-2-3-7-19(16)24(28)26-18-12-10-17(11-13-18)23(27)22-14-15-25-20-8-4-5-9-21(20)29-22/h2-13,22,25H,14-15H2,1H3,(H,26,28). The summed E-state index contributed by atoms with van der Waals surface area (Å²) in [5.74, 6) is 0.447. The molecule has 146 valence electrons. The van der Waals surface area contributed by atoms with Crippen LogP contribution < -0.4 is 15.4 Å². The van der Waals surface area contributed by atoms with Gasteiger partial charge in [0.1, 0.15) is 5.75 Å². The molecule has 0 aromatic heterocycles. The van der Waals surface area contributed by atoms with Crippen molar-refractivity contribution in [1.82, 2.24) is 0 Å². The van der Waals surface area contributed by atoms with Crippen molar-refractivity contribution in [3.8, 4) is 5.75 Å². The minimum Gasteiger partial charge on any atom is -0.480 e. The van der Waals surface area contributed by atoms with E-state index in [1.165, 1.54) is 0 Å². The minimum absolute atomic E-state index is 0.0692. The van der Waals surface area contributed by atoms with Crippen molar-refractivity contribution in [2.75, 3.05) is 17.2 Å². The molecule has 5 nitrogen and oxygen atoms in total. The van der Waals surface area contributed by atoms with E-state index in [2.05, 4.69) is 10.6 Å². The van der Waals surface area contributed by atoms with Gasteiger partial charge < -0.3 is 15.4 Å². The fraction of sp³-hybridized carbons (Fsp3) is 0.167. The first-order valence-electron chi connectivity index (χ1n) is 9.62. The lowest BCUT2D eigenvalue weighted by atomic mass is 10.0. The predicted molar refractivity (Wildman–Crippen MR) is 114 cm³/mol. The molecule has 1 heterocycles. The molecule has 1 aliphatic rings. The highest BCUT2D eigenvalue weighted by Gasteiger charge is 2.25. The number of rotatable bonds is 4. The second-order valence-corrected chi connectivity index (χ2v) is 7.03. The van der Waals surface area contributed by atoms with E-state index in [9.17, 15) is 9.59 Å². The normalized spacial score (nSPS) is 15.3. The Morgan fingerprint density at radius 1 is 0.966 bits per heavy atom. The van der Waals surface area contributed by atoms with Gasteiger partial charge in [-0.3, -0.25) is 9.59 Å². The molecule has 0 saturated heterocycles. The summed E-state index contributed by atoms with van der Waals surface area (Å²) in [6.07, 6.45) is 0.0396. The van der Waals surface area contributed by atoms with E-state index >= 15 is 0 Å². The van der Waals surface area contributed by atoms with Gasteiger partial charge in [-0.05, 0) is 55.0 Å². The Balaban J connectivity index is 1.46. The number of ether oxygens (including phenoxy) is 1. The number of anilines is 2. The molecule has 1 amide bonds. The molecule has 0 radical (unpaired) electrons. The number of ketones is 1. The number of carbonyl (C=O) groups excluding carboxylic acids is 2. The Morgan fingerprint density at radius 2 is 1.69 bits per heavy atom. The van der Waals surface area contributed by atoms with Crippen LogP contribution in [0.1, 0.15) is 32.7 Å². The Labute approximate surface area is 169 Å². The number of amides is 1. The molecule has 0 bridgehead atoms. The van der Waals surface area contributed by atoms with Gasteiger partial charge in [0.15, 0.2) is 6.10 Å². The zero-order chi connectivity index (χ0) is 20.2. The molecule has 5 heteroatoms. The van der Waals surface area contributed by atoms with Gasteiger partial charge in [-0.1, -0.05) is 30.3 Å². The molecular formula is C24H22N2O3. The van der Waals surface area contributed by atoms with Crippen molar-refractivity contribution in [2.45, 2.75) is 19.4 Å². The molecule has 0 fully saturated rings. The third-order valence-corrected chi connectivity index (χ3v) is 4.99. The topological polar surface area (TPSA) is 67.4 Å². The SMILES string of the molecule is Cc1ccccc1C(=O)Nc1ccc(C(=O)C2CCNc3ccccc3O2)cc1. The second-order valence-electron chi connectivity index (χ2n) is 7.03. The van der Waals surface area contributed by atoms with Crippen molar-refractivity contribution < 1.29 is 14.3 Å². The number of para-hydroxylation sites is 2. The number of fused-ring (bicyclic) bond motifs is 1. The smallest absolute Gasteiger partial charge is 0.255 e. The fourth-order valence-electron chi connectivity index (χ4n) is 3.38. The average Bonchev–Trinajstić information content (AvgIpc) is 2.96. The van der Waals surface area contributed by atoms with Crippen LogP contribution >= 0.6 is 0 Å². The Morgan fingerprint density at radius 3 is 2.48 bits per heavy atom. The van der Waals surface area contributed by atoms with E-state index in [1.54, 1.807) is 30.3 Å². The summed E-state index contributed by atoms with van der Waals surface area (Å²) < 4.78 is 5.96. The van der Waals surface area contributed by atoms with Crippen LogP contribution in [0.4, 0.5) is 11.4 Å². The number of aryl methyl sites for hydroxylation is 1. The van der Waals surface area contributed by atoms with Crippen LogP contribution in [-0.2, 0) is 0 Å². The predicted octanol–water partition coefficient (Wildman–Crippen LogP) is 4.69. The maximum absolute atomic E-state index is 12.9. The van der Waals surface area contributed by atoms with Gasteiger partial charge in [-0.15, -0.1) is 0 Å². The summed E-state index contributed by atoms with van der Waals surface area (Å²) in [6.45, 7) is 2.56. The van der Waals surface area contributed by atoms with Crippen LogP contribution in [-0.4, -0.2) is 24.3 Å². The summed E-state index contributed by atoms with van der Waals surface area (Å²) >= 11 is 0. The summed E-state index contributed by atoms with van der Waals surface area (Å²) in [4.78, 5) is 25.4. The number of carbonyl (C=O) groups is 2. The first-order valence-corrected chi connectivity index (χ1v) is 9.62. The number of hydrogen-bond donors (Lipinski definition) is 2. The monoisotopic (exact) mass is 386 g/mol. The zero-order valence-electron chi connectivity index (χ0n) is 16.1. The van der Waals surface area contributed by atoms with Gasteiger partial charge in [0, 0.05) is 29.8 Å².